The molecule has 0 bridgehead atoms. The number of aryl methyl sites for hydroxylation is 1. The van der Waals surface area contributed by atoms with Crippen molar-refractivity contribution >= 4 is 29.4 Å². The maximum Gasteiger partial charge on any atom is 0.307 e. The molecule has 1 aliphatic carbocycles. The second-order valence-corrected chi connectivity index (χ2v) is 6.92. The van der Waals surface area contributed by atoms with Gasteiger partial charge in [0.15, 0.2) is 6.10 Å². The average Bonchev–Trinajstić information content (AvgIpc) is 2.61. The fourth-order valence-electron chi connectivity index (χ4n) is 3.05. The first-order valence-electron chi connectivity index (χ1n) is 8.55. The molecular formula is C18H23ClN2O5. The maximum atomic E-state index is 12.2. The average molecular weight is 383 g/mol. The molecule has 26 heavy (non-hydrogen) atoms. The fraction of sp³-hybridized carbons (Fsp3) is 0.500. The Balaban J connectivity index is 1.88. The molecule has 0 spiro atoms. The minimum atomic E-state index is -0.980. The van der Waals surface area contributed by atoms with Gasteiger partial charge in [-0.1, -0.05) is 24.4 Å². The molecule has 1 aliphatic rings. The Hall–Kier alpha value is -2.28. The lowest BCUT2D eigenvalue weighted by atomic mass is 9.79. The Morgan fingerprint density at radius 1 is 1.19 bits per heavy atom. The van der Waals surface area contributed by atoms with Gasteiger partial charge >= 0.3 is 5.97 Å². The predicted molar refractivity (Wildman–Crippen MR) is 95.6 cm³/mol. The van der Waals surface area contributed by atoms with E-state index in [0.29, 0.717) is 23.6 Å². The van der Waals surface area contributed by atoms with E-state index < -0.39 is 35.7 Å². The smallest absolute Gasteiger partial charge is 0.307 e. The third-order valence-corrected chi connectivity index (χ3v) is 4.77. The van der Waals surface area contributed by atoms with E-state index in [1.807, 2.05) is 6.92 Å². The summed E-state index contributed by atoms with van der Waals surface area (Å²) >= 11 is 5.88. The molecule has 1 fully saturated rings. The van der Waals surface area contributed by atoms with Crippen molar-refractivity contribution in [3.05, 3.63) is 28.8 Å². The summed E-state index contributed by atoms with van der Waals surface area (Å²) in [5.41, 5.74) is 5.42. The van der Waals surface area contributed by atoms with Gasteiger partial charge in [0.2, 0.25) is 5.91 Å². The van der Waals surface area contributed by atoms with Gasteiger partial charge in [-0.05, 0) is 50.5 Å². The summed E-state index contributed by atoms with van der Waals surface area (Å²) in [6.07, 6.45) is 1.70. The molecule has 142 valence electrons. The predicted octanol–water partition coefficient (Wildman–Crippen LogP) is 2.45. The zero-order valence-corrected chi connectivity index (χ0v) is 15.5. The van der Waals surface area contributed by atoms with Crippen molar-refractivity contribution in [3.63, 3.8) is 0 Å². The number of carbonyl (C=O) groups is 3. The summed E-state index contributed by atoms with van der Waals surface area (Å²) in [6, 6.07) is 5.04. The highest BCUT2D eigenvalue weighted by atomic mass is 35.5. The van der Waals surface area contributed by atoms with E-state index in [2.05, 4.69) is 10.9 Å². The molecule has 1 saturated carbocycles. The lowest BCUT2D eigenvalue weighted by Crippen LogP contribution is -2.51. The number of hydrazine groups is 1. The summed E-state index contributed by atoms with van der Waals surface area (Å²) < 4.78 is 5.58. The van der Waals surface area contributed by atoms with Crippen molar-refractivity contribution in [3.8, 4) is 5.75 Å². The van der Waals surface area contributed by atoms with Crippen molar-refractivity contribution in [1.82, 2.24) is 10.9 Å². The van der Waals surface area contributed by atoms with Crippen molar-refractivity contribution in [2.24, 2.45) is 11.8 Å². The number of hydrogen-bond acceptors (Lipinski definition) is 4. The fourth-order valence-corrected chi connectivity index (χ4v) is 3.27. The van der Waals surface area contributed by atoms with Gasteiger partial charge in [-0.15, -0.1) is 0 Å². The van der Waals surface area contributed by atoms with Crippen LogP contribution in [0.3, 0.4) is 0 Å². The summed E-state index contributed by atoms with van der Waals surface area (Å²) in [5, 5.41) is 9.81. The second-order valence-electron chi connectivity index (χ2n) is 6.48. The summed E-state index contributed by atoms with van der Waals surface area (Å²) in [6.45, 7) is 3.36. The molecule has 3 atom stereocenters. The molecule has 3 N–H and O–H groups in total. The van der Waals surface area contributed by atoms with Gasteiger partial charge in [0.1, 0.15) is 5.75 Å². The Morgan fingerprint density at radius 3 is 2.46 bits per heavy atom. The second kappa shape index (κ2) is 8.89. The Bertz CT molecular complexity index is 694. The van der Waals surface area contributed by atoms with Gasteiger partial charge in [0.25, 0.3) is 5.91 Å². The van der Waals surface area contributed by atoms with Crippen LogP contribution < -0.4 is 15.6 Å². The molecule has 0 aliphatic heterocycles. The van der Waals surface area contributed by atoms with Crippen LogP contribution in [-0.2, 0) is 14.4 Å². The number of aliphatic carboxylic acids is 1. The number of amides is 2. The van der Waals surface area contributed by atoms with E-state index in [9.17, 15) is 19.5 Å². The molecule has 0 unspecified atom stereocenters. The molecule has 2 rings (SSSR count). The number of carbonyl (C=O) groups excluding carboxylic acids is 2. The van der Waals surface area contributed by atoms with Gasteiger partial charge in [-0.25, -0.2) is 0 Å². The standard InChI is InChI=1S/C18H23ClN2O5/c1-10-9-12(19)7-8-15(10)26-11(2)16(22)20-21-17(23)13-5-3-4-6-14(13)18(24)25/h7-9,11,13-14H,3-6H2,1-2H3,(H,20,22)(H,21,23)(H,24,25)/t11-,13-,14+/m1/s1. The first kappa shape index (κ1) is 20.0. The van der Waals surface area contributed by atoms with Gasteiger partial charge in [0, 0.05) is 5.02 Å². The van der Waals surface area contributed by atoms with Crippen LogP contribution in [0.4, 0.5) is 0 Å². The normalized spacial score (nSPS) is 20.7. The van der Waals surface area contributed by atoms with E-state index in [-0.39, 0.29) is 0 Å². The van der Waals surface area contributed by atoms with E-state index in [1.54, 1.807) is 25.1 Å². The third-order valence-electron chi connectivity index (χ3n) is 4.54. The number of carboxylic acids is 1. The molecule has 0 heterocycles. The van der Waals surface area contributed by atoms with Gasteiger partial charge in [0.05, 0.1) is 11.8 Å². The molecule has 2 amide bonds. The minimum absolute atomic E-state index is 0.469. The molecule has 8 heteroatoms. The first-order chi connectivity index (χ1) is 12.3. The van der Waals surface area contributed by atoms with Crippen LogP contribution in [0.2, 0.25) is 5.02 Å². The van der Waals surface area contributed by atoms with Crippen LogP contribution in [0.1, 0.15) is 38.2 Å². The van der Waals surface area contributed by atoms with E-state index in [4.69, 9.17) is 16.3 Å². The molecule has 0 radical (unpaired) electrons. The van der Waals surface area contributed by atoms with Crippen LogP contribution in [0.25, 0.3) is 0 Å². The summed E-state index contributed by atoms with van der Waals surface area (Å²) in [7, 11) is 0. The van der Waals surface area contributed by atoms with E-state index >= 15 is 0 Å². The highest BCUT2D eigenvalue weighted by Gasteiger charge is 2.36. The topological polar surface area (TPSA) is 105 Å². The summed E-state index contributed by atoms with van der Waals surface area (Å²) in [4.78, 5) is 35.7. The number of ether oxygens (including phenoxy) is 1. The van der Waals surface area contributed by atoms with Crippen LogP contribution >= 0.6 is 11.6 Å². The SMILES string of the molecule is Cc1cc(Cl)ccc1O[C@H](C)C(=O)NNC(=O)[C@@H]1CCCC[C@@H]1C(=O)O. The molecule has 1 aromatic rings. The largest absolute Gasteiger partial charge is 0.481 e. The quantitative estimate of drug-likeness (QED) is 0.678. The molecule has 1 aromatic carbocycles. The monoisotopic (exact) mass is 382 g/mol. The number of benzene rings is 1. The van der Waals surface area contributed by atoms with Gasteiger partial charge in [-0.2, -0.15) is 0 Å². The van der Waals surface area contributed by atoms with E-state index in [0.717, 1.165) is 18.4 Å². The molecule has 0 saturated heterocycles. The zero-order chi connectivity index (χ0) is 19.3. The van der Waals surface area contributed by atoms with Crippen molar-refractivity contribution in [2.75, 3.05) is 0 Å². The van der Waals surface area contributed by atoms with Gasteiger partial charge < -0.3 is 9.84 Å². The Kier molecular flexibility index (Phi) is 6.85. The van der Waals surface area contributed by atoms with Crippen molar-refractivity contribution < 1.29 is 24.2 Å². The number of carboxylic acid groups (broad SMARTS) is 1. The maximum absolute atomic E-state index is 12.2. The van der Waals surface area contributed by atoms with Gasteiger partial charge in [-0.3, -0.25) is 25.2 Å². The minimum Gasteiger partial charge on any atom is -0.481 e. The highest BCUT2D eigenvalue weighted by molar-refractivity contribution is 6.30. The lowest BCUT2D eigenvalue weighted by Gasteiger charge is -2.27. The van der Waals surface area contributed by atoms with Crippen molar-refractivity contribution in [2.45, 2.75) is 45.6 Å². The molecule has 0 aromatic heterocycles. The Labute approximate surface area is 157 Å². The van der Waals surface area contributed by atoms with Crippen LogP contribution in [0.5, 0.6) is 5.75 Å². The van der Waals surface area contributed by atoms with Crippen LogP contribution in [-0.4, -0.2) is 29.0 Å². The number of rotatable bonds is 5. The number of nitrogens with one attached hydrogen (secondary N) is 2. The Morgan fingerprint density at radius 2 is 1.85 bits per heavy atom. The number of hydrogen-bond donors (Lipinski definition) is 3. The zero-order valence-electron chi connectivity index (χ0n) is 14.8. The van der Waals surface area contributed by atoms with E-state index in [1.165, 1.54) is 0 Å². The molecular weight excluding hydrogens is 360 g/mol. The third kappa shape index (κ3) is 5.11. The van der Waals surface area contributed by atoms with Crippen LogP contribution in [0.15, 0.2) is 18.2 Å². The number of halogens is 1. The highest BCUT2D eigenvalue weighted by Crippen LogP contribution is 2.30. The summed E-state index contributed by atoms with van der Waals surface area (Å²) in [5.74, 6) is -2.84. The van der Waals surface area contributed by atoms with Crippen molar-refractivity contribution in [1.29, 1.82) is 0 Å². The lowest BCUT2D eigenvalue weighted by molar-refractivity contribution is -0.149. The first-order valence-corrected chi connectivity index (χ1v) is 8.92. The molecule has 7 nitrogen and oxygen atoms in total. The van der Waals surface area contributed by atoms with Crippen LogP contribution in [0, 0.1) is 18.8 Å².